The third-order valence-electron chi connectivity index (χ3n) is 3.75. The molecular weight excluding hydrogens is 325 g/mol. The number of benzene rings is 1. The van der Waals surface area contributed by atoms with E-state index in [1.165, 1.54) is 6.42 Å². The fourth-order valence-corrected chi connectivity index (χ4v) is 3.19. The number of aromatic nitrogens is 2. The van der Waals surface area contributed by atoms with Crippen molar-refractivity contribution in [3.8, 4) is 11.4 Å². The van der Waals surface area contributed by atoms with Crippen molar-refractivity contribution in [1.29, 1.82) is 0 Å². The summed E-state index contributed by atoms with van der Waals surface area (Å²) in [6.07, 6.45) is 5.47. The Morgan fingerprint density at radius 1 is 1.18 bits per heavy atom. The van der Waals surface area contributed by atoms with Gasteiger partial charge in [-0.25, -0.2) is 0 Å². The molecule has 1 N–H and O–H groups in total. The lowest BCUT2D eigenvalue weighted by atomic mass is 9.95. The van der Waals surface area contributed by atoms with Crippen LogP contribution in [0.5, 0.6) is 0 Å². The number of halogens is 2. The molecule has 1 amide bonds. The molecule has 116 valence electrons. The number of amides is 1. The second kappa shape index (κ2) is 6.67. The molecule has 0 spiro atoms. The molecule has 1 aromatic heterocycles. The lowest BCUT2D eigenvalue weighted by Crippen LogP contribution is -2.36. The van der Waals surface area contributed by atoms with Crippen LogP contribution >= 0.6 is 23.2 Å². The summed E-state index contributed by atoms with van der Waals surface area (Å²) in [7, 11) is 0. The molecule has 22 heavy (non-hydrogen) atoms. The van der Waals surface area contributed by atoms with Gasteiger partial charge in [-0.05, 0) is 25.0 Å². The zero-order chi connectivity index (χ0) is 15.5. The highest BCUT2D eigenvalue weighted by atomic mass is 35.5. The number of hydrogen-bond acceptors (Lipinski definition) is 4. The Morgan fingerprint density at radius 3 is 2.55 bits per heavy atom. The van der Waals surface area contributed by atoms with Crippen LogP contribution in [0.1, 0.15) is 42.8 Å². The molecule has 2 aromatic rings. The maximum atomic E-state index is 12.2. The predicted molar refractivity (Wildman–Crippen MR) is 84.1 cm³/mol. The first-order chi connectivity index (χ1) is 10.6. The molecule has 1 aliphatic carbocycles. The quantitative estimate of drug-likeness (QED) is 0.913. The Kier molecular flexibility index (Phi) is 4.64. The summed E-state index contributed by atoms with van der Waals surface area (Å²) in [4.78, 5) is 16.3. The van der Waals surface area contributed by atoms with E-state index in [9.17, 15) is 4.79 Å². The highest BCUT2D eigenvalue weighted by molar-refractivity contribution is 6.38. The molecule has 0 bridgehead atoms. The summed E-state index contributed by atoms with van der Waals surface area (Å²) in [5.41, 5.74) is 0.464. The summed E-state index contributed by atoms with van der Waals surface area (Å²) in [5.74, 6) is -0.213. The zero-order valence-corrected chi connectivity index (χ0v) is 13.3. The first kappa shape index (κ1) is 15.3. The molecule has 1 heterocycles. The van der Waals surface area contributed by atoms with E-state index >= 15 is 0 Å². The molecule has 0 aliphatic heterocycles. The second-order valence-corrected chi connectivity index (χ2v) is 6.14. The van der Waals surface area contributed by atoms with Crippen LogP contribution in [0.25, 0.3) is 11.4 Å². The molecule has 0 atom stereocenters. The Morgan fingerprint density at radius 2 is 1.86 bits per heavy atom. The molecule has 1 fully saturated rings. The lowest BCUT2D eigenvalue weighted by Gasteiger charge is -2.21. The van der Waals surface area contributed by atoms with Gasteiger partial charge in [-0.2, -0.15) is 4.98 Å². The van der Waals surface area contributed by atoms with Crippen molar-refractivity contribution in [3.63, 3.8) is 0 Å². The molecule has 3 rings (SSSR count). The standard InChI is InChI=1S/C15H15Cl2N3O2/c16-10-7-4-8-11(17)12(10)13-19-15(22-20-13)14(21)18-9-5-2-1-3-6-9/h4,7-9H,1-3,5-6H2,(H,18,21). The average Bonchev–Trinajstić information content (AvgIpc) is 2.98. The van der Waals surface area contributed by atoms with E-state index in [1.807, 2.05) is 0 Å². The minimum Gasteiger partial charge on any atom is -0.345 e. The summed E-state index contributed by atoms with van der Waals surface area (Å²) < 4.78 is 5.04. The third-order valence-corrected chi connectivity index (χ3v) is 4.38. The Labute approximate surface area is 138 Å². The van der Waals surface area contributed by atoms with E-state index in [-0.39, 0.29) is 23.7 Å². The van der Waals surface area contributed by atoms with Crippen molar-refractivity contribution in [2.24, 2.45) is 0 Å². The van der Waals surface area contributed by atoms with E-state index in [2.05, 4.69) is 15.5 Å². The molecular formula is C15H15Cl2N3O2. The van der Waals surface area contributed by atoms with Crippen molar-refractivity contribution in [2.75, 3.05) is 0 Å². The fourth-order valence-electron chi connectivity index (χ4n) is 2.62. The maximum Gasteiger partial charge on any atom is 0.316 e. The first-order valence-corrected chi connectivity index (χ1v) is 7.99. The van der Waals surface area contributed by atoms with Crippen LogP contribution in [0.15, 0.2) is 22.7 Å². The number of rotatable bonds is 3. The highest BCUT2D eigenvalue weighted by Gasteiger charge is 2.22. The molecule has 0 saturated heterocycles. The number of nitrogens with one attached hydrogen (secondary N) is 1. The van der Waals surface area contributed by atoms with Crippen molar-refractivity contribution in [2.45, 2.75) is 38.1 Å². The monoisotopic (exact) mass is 339 g/mol. The number of carbonyl (C=O) groups excluding carboxylic acids is 1. The van der Waals surface area contributed by atoms with Crippen molar-refractivity contribution in [3.05, 3.63) is 34.1 Å². The van der Waals surface area contributed by atoms with E-state index in [4.69, 9.17) is 27.7 Å². The van der Waals surface area contributed by atoms with Gasteiger partial charge in [0.05, 0.1) is 15.6 Å². The normalized spacial score (nSPS) is 15.7. The Balaban J connectivity index is 1.77. The summed E-state index contributed by atoms with van der Waals surface area (Å²) >= 11 is 12.2. The number of carbonyl (C=O) groups is 1. The van der Waals surface area contributed by atoms with Crippen LogP contribution < -0.4 is 5.32 Å². The van der Waals surface area contributed by atoms with Gasteiger partial charge in [0.15, 0.2) is 0 Å². The number of hydrogen-bond donors (Lipinski definition) is 1. The largest absolute Gasteiger partial charge is 0.345 e. The van der Waals surface area contributed by atoms with E-state index < -0.39 is 0 Å². The van der Waals surface area contributed by atoms with Crippen LogP contribution in [0.3, 0.4) is 0 Å². The fraction of sp³-hybridized carbons (Fsp3) is 0.400. The van der Waals surface area contributed by atoms with E-state index in [0.717, 1.165) is 25.7 Å². The summed E-state index contributed by atoms with van der Waals surface area (Å²) in [6.45, 7) is 0. The molecule has 1 aliphatic rings. The second-order valence-electron chi connectivity index (χ2n) is 5.33. The lowest BCUT2D eigenvalue weighted by molar-refractivity contribution is 0.0883. The van der Waals surface area contributed by atoms with Gasteiger partial charge >= 0.3 is 11.8 Å². The Bertz CT molecular complexity index is 661. The summed E-state index contributed by atoms with van der Waals surface area (Å²) in [5, 5.41) is 7.55. The van der Waals surface area contributed by atoms with Gasteiger partial charge in [0, 0.05) is 6.04 Å². The molecule has 1 aromatic carbocycles. The van der Waals surface area contributed by atoms with Gasteiger partial charge in [0.2, 0.25) is 5.82 Å². The van der Waals surface area contributed by atoms with Crippen LogP contribution in [-0.2, 0) is 0 Å². The van der Waals surface area contributed by atoms with Crippen LogP contribution in [0.4, 0.5) is 0 Å². The van der Waals surface area contributed by atoms with Crippen LogP contribution in [-0.4, -0.2) is 22.1 Å². The van der Waals surface area contributed by atoms with Crippen molar-refractivity contribution < 1.29 is 9.32 Å². The molecule has 1 saturated carbocycles. The SMILES string of the molecule is O=C(NC1CCCCC1)c1nc(-c2c(Cl)cccc2Cl)no1. The number of nitrogens with zero attached hydrogens (tertiary/aromatic N) is 2. The van der Waals surface area contributed by atoms with E-state index in [1.54, 1.807) is 18.2 Å². The van der Waals surface area contributed by atoms with Gasteiger partial charge in [-0.15, -0.1) is 0 Å². The molecule has 7 heteroatoms. The van der Waals surface area contributed by atoms with Crippen LogP contribution in [0.2, 0.25) is 10.0 Å². The van der Waals surface area contributed by atoms with Crippen molar-refractivity contribution in [1.82, 2.24) is 15.5 Å². The Hall–Kier alpha value is -1.59. The smallest absolute Gasteiger partial charge is 0.316 e. The highest BCUT2D eigenvalue weighted by Crippen LogP contribution is 2.32. The predicted octanol–water partition coefficient (Wildman–Crippen LogP) is 4.11. The van der Waals surface area contributed by atoms with E-state index in [0.29, 0.717) is 15.6 Å². The van der Waals surface area contributed by atoms with Crippen molar-refractivity contribution >= 4 is 29.1 Å². The first-order valence-electron chi connectivity index (χ1n) is 7.24. The van der Waals surface area contributed by atoms with Gasteiger partial charge < -0.3 is 9.84 Å². The van der Waals surface area contributed by atoms with Gasteiger partial charge in [0.25, 0.3) is 0 Å². The van der Waals surface area contributed by atoms with Gasteiger partial charge in [-0.3, -0.25) is 4.79 Å². The topological polar surface area (TPSA) is 68.0 Å². The third kappa shape index (κ3) is 3.25. The molecule has 0 radical (unpaired) electrons. The zero-order valence-electron chi connectivity index (χ0n) is 11.8. The maximum absolute atomic E-state index is 12.2. The molecule has 0 unspecified atom stereocenters. The van der Waals surface area contributed by atoms with Gasteiger partial charge in [0.1, 0.15) is 0 Å². The minimum absolute atomic E-state index is 0.0726. The average molecular weight is 340 g/mol. The molecule has 5 nitrogen and oxygen atoms in total. The van der Waals surface area contributed by atoms with Gasteiger partial charge in [-0.1, -0.05) is 53.7 Å². The van der Waals surface area contributed by atoms with Crippen LogP contribution in [0, 0.1) is 0 Å². The summed E-state index contributed by atoms with van der Waals surface area (Å²) in [6, 6.07) is 5.27. The minimum atomic E-state index is -0.353.